The Morgan fingerprint density at radius 2 is 1.81 bits per heavy atom. The minimum absolute atomic E-state index is 0.527. The van der Waals surface area contributed by atoms with E-state index in [-0.39, 0.29) is 0 Å². The molecule has 3 heteroatoms. The average molecular weight is 222 g/mol. The Bertz CT molecular complexity index is 326. The molecule has 1 fully saturated rings. The molecule has 1 heterocycles. The predicted octanol–water partition coefficient (Wildman–Crippen LogP) is 2.69. The summed E-state index contributed by atoms with van der Waals surface area (Å²) in [5, 5.41) is 0. The lowest BCUT2D eigenvalue weighted by atomic mass is 10.0. The van der Waals surface area contributed by atoms with Gasteiger partial charge in [-0.15, -0.1) is 0 Å². The summed E-state index contributed by atoms with van der Waals surface area (Å²) in [7, 11) is 1.67. The number of benzene rings is 1. The lowest BCUT2D eigenvalue weighted by molar-refractivity contribution is -0.170. The van der Waals surface area contributed by atoms with Crippen molar-refractivity contribution in [3.8, 4) is 5.75 Å². The third kappa shape index (κ3) is 2.06. The molecule has 0 N–H and O–H groups in total. The van der Waals surface area contributed by atoms with Gasteiger partial charge in [0.2, 0.25) is 0 Å². The van der Waals surface area contributed by atoms with Crippen LogP contribution in [0.4, 0.5) is 0 Å². The Morgan fingerprint density at radius 3 is 2.31 bits per heavy atom. The molecule has 0 amide bonds. The number of hydrogen-bond donors (Lipinski definition) is 0. The van der Waals surface area contributed by atoms with E-state index in [1.807, 2.05) is 24.3 Å². The quantitative estimate of drug-likeness (QED) is 0.784. The fourth-order valence-electron chi connectivity index (χ4n) is 2.08. The van der Waals surface area contributed by atoms with Crippen molar-refractivity contribution in [1.82, 2.24) is 0 Å². The first-order chi connectivity index (χ1) is 7.80. The Labute approximate surface area is 96.3 Å². The van der Waals surface area contributed by atoms with Crippen molar-refractivity contribution in [2.75, 3.05) is 20.3 Å². The zero-order valence-electron chi connectivity index (χ0n) is 9.86. The highest BCUT2D eigenvalue weighted by Gasteiger charge is 2.37. The molecule has 0 aromatic heterocycles. The van der Waals surface area contributed by atoms with Gasteiger partial charge in [0.05, 0.1) is 20.3 Å². The van der Waals surface area contributed by atoms with Gasteiger partial charge >= 0.3 is 0 Å². The van der Waals surface area contributed by atoms with Gasteiger partial charge in [-0.3, -0.25) is 0 Å². The normalized spacial score (nSPS) is 18.6. The predicted molar refractivity (Wildman–Crippen MR) is 61.5 cm³/mol. The molecule has 0 unspecified atom stereocenters. The van der Waals surface area contributed by atoms with E-state index in [1.165, 1.54) is 0 Å². The molecule has 88 valence electrons. The maximum Gasteiger partial charge on any atom is 0.194 e. The van der Waals surface area contributed by atoms with Gasteiger partial charge in [-0.25, -0.2) is 0 Å². The number of ether oxygens (including phenoxy) is 3. The summed E-state index contributed by atoms with van der Waals surface area (Å²) in [6.07, 6.45) is 1.92. The van der Waals surface area contributed by atoms with Crippen LogP contribution >= 0.6 is 0 Å². The van der Waals surface area contributed by atoms with Crippen LogP contribution in [0.2, 0.25) is 0 Å². The van der Waals surface area contributed by atoms with Gasteiger partial charge in [0, 0.05) is 12.0 Å². The lowest BCUT2D eigenvalue weighted by Crippen LogP contribution is -2.26. The second-order valence-corrected chi connectivity index (χ2v) is 3.93. The summed E-state index contributed by atoms with van der Waals surface area (Å²) in [6.45, 7) is 3.48. The lowest BCUT2D eigenvalue weighted by Gasteiger charge is -2.27. The van der Waals surface area contributed by atoms with Gasteiger partial charge in [0.25, 0.3) is 0 Å². The van der Waals surface area contributed by atoms with E-state index in [9.17, 15) is 0 Å². The van der Waals surface area contributed by atoms with E-state index in [2.05, 4.69) is 6.92 Å². The molecule has 0 saturated carbocycles. The van der Waals surface area contributed by atoms with Crippen LogP contribution in [0.25, 0.3) is 0 Å². The van der Waals surface area contributed by atoms with Crippen molar-refractivity contribution in [2.45, 2.75) is 25.6 Å². The maximum absolute atomic E-state index is 5.78. The van der Waals surface area contributed by atoms with Crippen molar-refractivity contribution >= 4 is 0 Å². The monoisotopic (exact) mass is 222 g/mol. The van der Waals surface area contributed by atoms with Crippen LogP contribution in [0.3, 0.4) is 0 Å². The molecule has 3 nitrogen and oxygen atoms in total. The maximum atomic E-state index is 5.78. The minimum atomic E-state index is -0.527. The van der Waals surface area contributed by atoms with Crippen LogP contribution in [0.15, 0.2) is 24.3 Å². The summed E-state index contributed by atoms with van der Waals surface area (Å²) >= 11 is 0. The first kappa shape index (κ1) is 11.4. The largest absolute Gasteiger partial charge is 0.497 e. The summed E-state index contributed by atoms with van der Waals surface area (Å²) in [5.74, 6) is 0.328. The fourth-order valence-corrected chi connectivity index (χ4v) is 2.08. The smallest absolute Gasteiger partial charge is 0.194 e. The standard InChI is InChI=1S/C13H18O3/c1-3-8-13(15-9-10-16-13)11-4-6-12(14-2)7-5-11/h4-7H,3,8-10H2,1-2H3. The van der Waals surface area contributed by atoms with Crippen LogP contribution in [0.5, 0.6) is 5.75 Å². The second kappa shape index (κ2) is 4.85. The van der Waals surface area contributed by atoms with Gasteiger partial charge in [-0.2, -0.15) is 0 Å². The van der Waals surface area contributed by atoms with Crippen molar-refractivity contribution in [3.05, 3.63) is 29.8 Å². The highest BCUT2D eigenvalue weighted by molar-refractivity contribution is 5.30. The topological polar surface area (TPSA) is 27.7 Å². The molecular weight excluding hydrogens is 204 g/mol. The molecule has 1 aromatic rings. The van der Waals surface area contributed by atoms with Crippen LogP contribution in [0, 0.1) is 0 Å². The average Bonchev–Trinajstić information content (AvgIpc) is 2.80. The van der Waals surface area contributed by atoms with E-state index in [0.29, 0.717) is 13.2 Å². The minimum Gasteiger partial charge on any atom is -0.497 e. The first-order valence-electron chi connectivity index (χ1n) is 5.73. The molecule has 1 aromatic carbocycles. The van der Waals surface area contributed by atoms with Crippen LogP contribution in [0.1, 0.15) is 25.3 Å². The molecule has 0 bridgehead atoms. The molecule has 0 aliphatic carbocycles. The molecule has 0 radical (unpaired) electrons. The van der Waals surface area contributed by atoms with Crippen molar-refractivity contribution < 1.29 is 14.2 Å². The highest BCUT2D eigenvalue weighted by atomic mass is 16.7. The van der Waals surface area contributed by atoms with Crippen molar-refractivity contribution in [1.29, 1.82) is 0 Å². The van der Waals surface area contributed by atoms with Gasteiger partial charge in [0.15, 0.2) is 5.79 Å². The van der Waals surface area contributed by atoms with Gasteiger partial charge in [-0.05, 0) is 24.3 Å². The molecular formula is C13H18O3. The number of methoxy groups -OCH3 is 1. The molecule has 2 rings (SSSR count). The number of hydrogen-bond acceptors (Lipinski definition) is 3. The molecule has 1 aliphatic heterocycles. The third-order valence-corrected chi connectivity index (χ3v) is 2.86. The fraction of sp³-hybridized carbons (Fsp3) is 0.538. The van der Waals surface area contributed by atoms with E-state index in [0.717, 1.165) is 24.2 Å². The van der Waals surface area contributed by atoms with Crippen LogP contribution in [-0.4, -0.2) is 20.3 Å². The molecule has 16 heavy (non-hydrogen) atoms. The zero-order valence-corrected chi connectivity index (χ0v) is 9.86. The Kier molecular flexibility index (Phi) is 3.46. The summed E-state index contributed by atoms with van der Waals surface area (Å²) in [4.78, 5) is 0. The van der Waals surface area contributed by atoms with E-state index in [1.54, 1.807) is 7.11 Å². The highest BCUT2D eigenvalue weighted by Crippen LogP contribution is 2.36. The number of rotatable bonds is 4. The van der Waals surface area contributed by atoms with Gasteiger partial charge in [-0.1, -0.05) is 13.3 Å². The van der Waals surface area contributed by atoms with Crippen LogP contribution < -0.4 is 4.74 Å². The summed E-state index contributed by atoms with van der Waals surface area (Å²) in [6, 6.07) is 7.91. The SMILES string of the molecule is CCCC1(c2ccc(OC)cc2)OCCO1. The summed E-state index contributed by atoms with van der Waals surface area (Å²) < 4.78 is 16.7. The Hall–Kier alpha value is -1.06. The molecule has 1 saturated heterocycles. The second-order valence-electron chi connectivity index (χ2n) is 3.93. The van der Waals surface area contributed by atoms with Gasteiger partial charge < -0.3 is 14.2 Å². The summed E-state index contributed by atoms with van der Waals surface area (Å²) in [5.41, 5.74) is 1.08. The van der Waals surface area contributed by atoms with E-state index < -0.39 is 5.79 Å². The molecule has 0 spiro atoms. The van der Waals surface area contributed by atoms with Crippen LogP contribution in [-0.2, 0) is 15.3 Å². The van der Waals surface area contributed by atoms with E-state index >= 15 is 0 Å². The third-order valence-electron chi connectivity index (χ3n) is 2.86. The molecule has 0 atom stereocenters. The Morgan fingerprint density at radius 1 is 1.19 bits per heavy atom. The van der Waals surface area contributed by atoms with Crippen molar-refractivity contribution in [3.63, 3.8) is 0 Å². The zero-order chi connectivity index (χ0) is 11.4. The van der Waals surface area contributed by atoms with Crippen molar-refractivity contribution in [2.24, 2.45) is 0 Å². The van der Waals surface area contributed by atoms with Gasteiger partial charge in [0.1, 0.15) is 5.75 Å². The van der Waals surface area contributed by atoms with E-state index in [4.69, 9.17) is 14.2 Å². The first-order valence-corrected chi connectivity index (χ1v) is 5.73. The molecule has 1 aliphatic rings. The Balaban J connectivity index is 2.24.